The molecule has 0 fully saturated rings. The van der Waals surface area contributed by atoms with Crippen LogP contribution in [0, 0.1) is 12.8 Å². The molecule has 108 valence electrons. The summed E-state index contributed by atoms with van der Waals surface area (Å²) >= 11 is 1.58. The number of ether oxygens (including phenoxy) is 1. The molecule has 0 aliphatic carbocycles. The smallest absolute Gasteiger partial charge is 0.261 e. The van der Waals surface area contributed by atoms with Gasteiger partial charge in [0.05, 0.1) is 4.88 Å². The van der Waals surface area contributed by atoms with E-state index in [1.807, 2.05) is 6.07 Å². The van der Waals surface area contributed by atoms with Gasteiger partial charge in [0.15, 0.2) is 0 Å². The van der Waals surface area contributed by atoms with E-state index in [1.165, 1.54) is 10.4 Å². The molecule has 1 aromatic heterocycles. The van der Waals surface area contributed by atoms with Crippen LogP contribution in [-0.2, 0) is 11.2 Å². The lowest BCUT2D eigenvalue weighted by atomic mass is 10.2. The molecule has 0 aliphatic heterocycles. The Kier molecular flexibility index (Phi) is 7.10. The maximum atomic E-state index is 11.9. The lowest BCUT2D eigenvalue weighted by Gasteiger charge is -2.07. The molecule has 1 amide bonds. The molecule has 1 N–H and O–H groups in total. The Labute approximate surface area is 120 Å². The lowest BCUT2D eigenvalue weighted by Crippen LogP contribution is -2.24. The number of amides is 1. The Morgan fingerprint density at radius 2 is 2.21 bits per heavy atom. The molecule has 0 radical (unpaired) electrons. The molecule has 4 heteroatoms. The van der Waals surface area contributed by atoms with Gasteiger partial charge in [-0.1, -0.05) is 20.8 Å². The third kappa shape index (κ3) is 5.74. The van der Waals surface area contributed by atoms with Gasteiger partial charge in [-0.25, -0.2) is 0 Å². The van der Waals surface area contributed by atoms with Crippen molar-refractivity contribution in [3.8, 4) is 0 Å². The predicted octanol–water partition coefficient (Wildman–Crippen LogP) is 3.41. The van der Waals surface area contributed by atoms with Crippen LogP contribution in [0.5, 0.6) is 0 Å². The van der Waals surface area contributed by atoms with Crippen LogP contribution < -0.4 is 5.32 Å². The van der Waals surface area contributed by atoms with Crippen molar-refractivity contribution in [2.45, 2.75) is 40.5 Å². The topological polar surface area (TPSA) is 38.3 Å². The van der Waals surface area contributed by atoms with Gasteiger partial charge in [-0.3, -0.25) is 4.79 Å². The van der Waals surface area contributed by atoms with E-state index in [2.05, 4.69) is 33.0 Å². The molecule has 0 aliphatic rings. The van der Waals surface area contributed by atoms with Gasteiger partial charge in [-0.15, -0.1) is 11.3 Å². The van der Waals surface area contributed by atoms with Crippen LogP contribution in [0.4, 0.5) is 0 Å². The fourth-order valence-corrected chi connectivity index (χ4v) is 2.80. The first-order valence-corrected chi connectivity index (χ1v) is 7.81. The predicted molar refractivity (Wildman–Crippen MR) is 81.0 cm³/mol. The van der Waals surface area contributed by atoms with Gasteiger partial charge in [-0.2, -0.15) is 0 Å². The molecule has 1 aromatic rings. The van der Waals surface area contributed by atoms with Gasteiger partial charge in [0.1, 0.15) is 0 Å². The molecule has 0 bridgehead atoms. The number of hydrogen-bond donors (Lipinski definition) is 1. The molecule has 0 atom stereocenters. The summed E-state index contributed by atoms with van der Waals surface area (Å²) in [5.41, 5.74) is 1.27. The van der Waals surface area contributed by atoms with Crippen molar-refractivity contribution in [2.75, 3.05) is 19.8 Å². The zero-order valence-electron chi connectivity index (χ0n) is 12.4. The first-order valence-electron chi connectivity index (χ1n) is 6.99. The number of hydrogen-bond acceptors (Lipinski definition) is 3. The summed E-state index contributed by atoms with van der Waals surface area (Å²) in [4.78, 5) is 14.0. The van der Waals surface area contributed by atoms with E-state index in [0.29, 0.717) is 19.1 Å². The van der Waals surface area contributed by atoms with E-state index < -0.39 is 0 Å². The molecule has 0 unspecified atom stereocenters. The summed E-state index contributed by atoms with van der Waals surface area (Å²) in [7, 11) is 0. The normalized spacial score (nSPS) is 11.0. The Hall–Kier alpha value is -0.870. The second-order valence-electron chi connectivity index (χ2n) is 5.12. The SMILES string of the molecule is CCc1cc(C(=O)NCCCOCC(C)C)sc1C. The van der Waals surface area contributed by atoms with E-state index in [0.717, 1.165) is 24.3 Å². The molecule has 0 saturated carbocycles. The van der Waals surface area contributed by atoms with Gasteiger partial charge >= 0.3 is 0 Å². The first kappa shape index (κ1) is 16.2. The minimum Gasteiger partial charge on any atom is -0.381 e. The second kappa shape index (κ2) is 8.33. The van der Waals surface area contributed by atoms with E-state index in [9.17, 15) is 4.79 Å². The average Bonchev–Trinajstić information content (AvgIpc) is 2.74. The molecular formula is C15H25NO2S. The molecule has 19 heavy (non-hydrogen) atoms. The summed E-state index contributed by atoms with van der Waals surface area (Å²) in [6.07, 6.45) is 1.85. The summed E-state index contributed by atoms with van der Waals surface area (Å²) in [5, 5.41) is 2.94. The quantitative estimate of drug-likeness (QED) is 0.742. The second-order valence-corrected chi connectivity index (χ2v) is 6.38. The maximum absolute atomic E-state index is 11.9. The van der Waals surface area contributed by atoms with Crippen LogP contribution in [0.25, 0.3) is 0 Å². The molecule has 1 heterocycles. The highest BCUT2D eigenvalue weighted by Crippen LogP contribution is 2.21. The van der Waals surface area contributed by atoms with Crippen molar-refractivity contribution in [3.63, 3.8) is 0 Å². The number of carbonyl (C=O) groups is 1. The highest BCUT2D eigenvalue weighted by molar-refractivity contribution is 7.14. The van der Waals surface area contributed by atoms with Crippen molar-refractivity contribution in [2.24, 2.45) is 5.92 Å². The monoisotopic (exact) mass is 283 g/mol. The number of aryl methyl sites for hydroxylation is 2. The van der Waals surface area contributed by atoms with Crippen molar-refractivity contribution < 1.29 is 9.53 Å². The lowest BCUT2D eigenvalue weighted by molar-refractivity contribution is 0.0928. The van der Waals surface area contributed by atoms with Gasteiger partial charge in [0, 0.05) is 24.6 Å². The van der Waals surface area contributed by atoms with E-state index in [4.69, 9.17) is 4.74 Å². The minimum absolute atomic E-state index is 0.0386. The third-order valence-electron chi connectivity index (χ3n) is 2.83. The van der Waals surface area contributed by atoms with E-state index >= 15 is 0 Å². The standard InChI is InChI=1S/C15H25NO2S/c1-5-13-9-14(19-12(13)4)15(17)16-7-6-8-18-10-11(2)3/h9,11H,5-8,10H2,1-4H3,(H,16,17). The Bertz CT molecular complexity index is 399. The van der Waals surface area contributed by atoms with Gasteiger partial charge < -0.3 is 10.1 Å². The largest absolute Gasteiger partial charge is 0.381 e. The molecule has 3 nitrogen and oxygen atoms in total. The fraction of sp³-hybridized carbons (Fsp3) is 0.667. The Morgan fingerprint density at radius 3 is 2.79 bits per heavy atom. The zero-order valence-corrected chi connectivity index (χ0v) is 13.2. The van der Waals surface area contributed by atoms with Crippen LogP contribution in [0.3, 0.4) is 0 Å². The van der Waals surface area contributed by atoms with Gasteiger partial charge in [-0.05, 0) is 37.3 Å². The summed E-state index contributed by atoms with van der Waals surface area (Å²) in [6.45, 7) is 10.6. The van der Waals surface area contributed by atoms with Gasteiger partial charge in [0.25, 0.3) is 5.91 Å². The van der Waals surface area contributed by atoms with Crippen molar-refractivity contribution in [1.29, 1.82) is 0 Å². The molecule has 1 rings (SSSR count). The van der Waals surface area contributed by atoms with Crippen LogP contribution >= 0.6 is 11.3 Å². The minimum atomic E-state index is 0.0386. The van der Waals surface area contributed by atoms with Gasteiger partial charge in [0.2, 0.25) is 0 Å². The van der Waals surface area contributed by atoms with Crippen LogP contribution in [-0.4, -0.2) is 25.7 Å². The average molecular weight is 283 g/mol. The van der Waals surface area contributed by atoms with Crippen LogP contribution in [0.1, 0.15) is 47.3 Å². The van der Waals surface area contributed by atoms with Crippen molar-refractivity contribution in [1.82, 2.24) is 5.32 Å². The maximum Gasteiger partial charge on any atom is 0.261 e. The van der Waals surface area contributed by atoms with E-state index in [-0.39, 0.29) is 5.91 Å². The summed E-state index contributed by atoms with van der Waals surface area (Å²) < 4.78 is 5.47. The third-order valence-corrected chi connectivity index (χ3v) is 3.92. The highest BCUT2D eigenvalue weighted by atomic mass is 32.1. The Morgan fingerprint density at radius 1 is 1.47 bits per heavy atom. The Balaban J connectivity index is 2.23. The van der Waals surface area contributed by atoms with E-state index in [1.54, 1.807) is 11.3 Å². The zero-order chi connectivity index (χ0) is 14.3. The van der Waals surface area contributed by atoms with Crippen LogP contribution in [0.2, 0.25) is 0 Å². The molecule has 0 aromatic carbocycles. The van der Waals surface area contributed by atoms with Crippen molar-refractivity contribution >= 4 is 17.2 Å². The number of thiophene rings is 1. The highest BCUT2D eigenvalue weighted by Gasteiger charge is 2.10. The first-order chi connectivity index (χ1) is 9.04. The molecular weight excluding hydrogens is 258 g/mol. The van der Waals surface area contributed by atoms with Crippen LogP contribution in [0.15, 0.2) is 6.07 Å². The van der Waals surface area contributed by atoms with Crippen molar-refractivity contribution in [3.05, 3.63) is 21.4 Å². The number of rotatable bonds is 8. The number of nitrogens with one attached hydrogen (secondary N) is 1. The summed E-state index contributed by atoms with van der Waals surface area (Å²) in [6, 6.07) is 2.00. The molecule has 0 spiro atoms. The molecule has 0 saturated heterocycles. The summed E-state index contributed by atoms with van der Waals surface area (Å²) in [5.74, 6) is 0.604. The number of carbonyl (C=O) groups excluding carboxylic acids is 1. The fourth-order valence-electron chi connectivity index (χ4n) is 1.77.